The first-order valence-corrected chi connectivity index (χ1v) is 7.19. The van der Waals surface area contributed by atoms with Crippen LogP contribution in [0.4, 0.5) is 4.39 Å². The first kappa shape index (κ1) is 20.3. The van der Waals surface area contributed by atoms with Crippen LogP contribution in [0.15, 0.2) is 21.8 Å². The molecule has 3 N–H and O–H groups in total. The van der Waals surface area contributed by atoms with Crippen molar-refractivity contribution in [1.82, 2.24) is 0 Å². The number of alkyl halides is 1. The highest BCUT2D eigenvalue weighted by atomic mass is 19.1. The van der Waals surface area contributed by atoms with Crippen molar-refractivity contribution < 1.29 is 14.2 Å². The van der Waals surface area contributed by atoms with Crippen LogP contribution in [-0.2, 0) is 4.74 Å². The van der Waals surface area contributed by atoms with Crippen molar-refractivity contribution in [3.8, 4) is 12.3 Å². The van der Waals surface area contributed by atoms with Gasteiger partial charge in [0.25, 0.3) is 0 Å². The molecule has 0 saturated carbocycles. The molecule has 0 aliphatic rings. The van der Waals surface area contributed by atoms with Gasteiger partial charge in [0.05, 0.1) is 6.61 Å². The molecule has 0 rings (SSSR count). The molecular formula is C16H26FN3O2. The molecule has 0 heterocycles. The second kappa shape index (κ2) is 10.9. The van der Waals surface area contributed by atoms with Crippen molar-refractivity contribution in [2.45, 2.75) is 38.7 Å². The summed E-state index contributed by atoms with van der Waals surface area (Å²) in [5.41, 5.74) is 5.14. The fraction of sp³-hybridized carbons (Fsp3) is 0.625. The van der Waals surface area contributed by atoms with Crippen LogP contribution >= 0.6 is 0 Å². The molecule has 2 atom stereocenters. The normalized spacial score (nSPS) is 17.3. The first-order valence-electron chi connectivity index (χ1n) is 7.19. The zero-order valence-corrected chi connectivity index (χ0v) is 13.6. The number of aliphatic imine (C=N–C) groups is 2. The smallest absolute Gasteiger partial charge is 0.181 e. The van der Waals surface area contributed by atoms with Gasteiger partial charge in [-0.05, 0) is 32.1 Å². The van der Waals surface area contributed by atoms with E-state index in [1.54, 1.807) is 19.2 Å². The van der Waals surface area contributed by atoms with E-state index in [9.17, 15) is 9.50 Å². The predicted octanol–water partition coefficient (Wildman–Crippen LogP) is 2.06. The minimum absolute atomic E-state index is 0.0828. The number of allylic oxidation sites excluding steroid dienone is 1. The number of aliphatic hydroxyl groups excluding tert-OH is 1. The van der Waals surface area contributed by atoms with Gasteiger partial charge in [0, 0.05) is 13.3 Å². The number of ether oxygens (including phenoxy) is 1. The van der Waals surface area contributed by atoms with Crippen LogP contribution in [0.25, 0.3) is 0 Å². The van der Waals surface area contributed by atoms with Crippen LogP contribution in [0.5, 0.6) is 0 Å². The van der Waals surface area contributed by atoms with Crippen LogP contribution < -0.4 is 5.73 Å². The summed E-state index contributed by atoms with van der Waals surface area (Å²) in [5, 5.41) is 9.30. The SMILES string of the molecule is C#CC(CO)(CCCC(C)\C=N/C(=C\C)C(/N)=N\CF)OC. The number of aliphatic hydroxyl groups is 1. The van der Waals surface area contributed by atoms with Gasteiger partial charge in [0.1, 0.15) is 11.5 Å². The van der Waals surface area contributed by atoms with Crippen molar-refractivity contribution in [2.75, 3.05) is 20.5 Å². The number of halogens is 1. The molecule has 124 valence electrons. The maximum absolute atomic E-state index is 12.1. The average Bonchev–Trinajstić information content (AvgIpc) is 2.53. The number of methoxy groups -OCH3 is 1. The molecule has 0 aromatic heterocycles. The molecule has 0 saturated heterocycles. The van der Waals surface area contributed by atoms with Crippen molar-refractivity contribution in [2.24, 2.45) is 21.6 Å². The van der Waals surface area contributed by atoms with Gasteiger partial charge in [0.15, 0.2) is 12.4 Å². The van der Waals surface area contributed by atoms with Gasteiger partial charge in [-0.15, -0.1) is 6.42 Å². The first-order chi connectivity index (χ1) is 10.5. The lowest BCUT2D eigenvalue weighted by molar-refractivity contribution is -0.0139. The second-order valence-corrected chi connectivity index (χ2v) is 4.99. The third-order valence-corrected chi connectivity index (χ3v) is 3.38. The van der Waals surface area contributed by atoms with Gasteiger partial charge < -0.3 is 15.6 Å². The Morgan fingerprint density at radius 1 is 1.59 bits per heavy atom. The standard InChI is InChI=1S/C16H26FN3O2/c1-5-14(15(18)20-12-17)19-10-13(3)8-7-9-16(6-2,11-21)22-4/h2,5,10,13,21H,7-9,11-12H2,1,3-4H3,(H2,18,20)/b14-5-,19-10-. The fourth-order valence-corrected chi connectivity index (χ4v) is 1.85. The highest BCUT2D eigenvalue weighted by Crippen LogP contribution is 2.19. The van der Waals surface area contributed by atoms with Crippen molar-refractivity contribution in [3.63, 3.8) is 0 Å². The maximum atomic E-state index is 12.1. The van der Waals surface area contributed by atoms with Crippen LogP contribution in [0.2, 0.25) is 0 Å². The number of terminal acetylenes is 1. The van der Waals surface area contributed by atoms with E-state index in [0.29, 0.717) is 12.1 Å². The number of amidine groups is 1. The Kier molecular flexibility index (Phi) is 10.1. The van der Waals surface area contributed by atoms with Gasteiger partial charge in [-0.2, -0.15) is 0 Å². The summed E-state index contributed by atoms with van der Waals surface area (Å²) in [6.07, 6.45) is 11.0. The lowest BCUT2D eigenvalue weighted by Gasteiger charge is -2.24. The van der Waals surface area contributed by atoms with E-state index >= 15 is 0 Å². The van der Waals surface area contributed by atoms with Crippen LogP contribution in [0.1, 0.15) is 33.1 Å². The number of nitrogens with zero attached hydrogens (tertiary/aromatic N) is 2. The van der Waals surface area contributed by atoms with E-state index < -0.39 is 12.4 Å². The quantitative estimate of drug-likeness (QED) is 0.280. The predicted molar refractivity (Wildman–Crippen MR) is 88.5 cm³/mol. The highest BCUT2D eigenvalue weighted by molar-refractivity contribution is 5.97. The molecule has 0 aromatic rings. The Morgan fingerprint density at radius 3 is 2.73 bits per heavy atom. The molecular weight excluding hydrogens is 285 g/mol. The summed E-state index contributed by atoms with van der Waals surface area (Å²) in [6.45, 7) is 2.70. The second-order valence-electron chi connectivity index (χ2n) is 4.99. The number of nitrogens with two attached hydrogens (primary N) is 1. The molecule has 0 radical (unpaired) electrons. The zero-order valence-electron chi connectivity index (χ0n) is 13.6. The summed E-state index contributed by atoms with van der Waals surface area (Å²) >= 11 is 0. The Hall–Kier alpha value is -1.71. The number of hydrogen-bond donors (Lipinski definition) is 2. The molecule has 6 heteroatoms. The lowest BCUT2D eigenvalue weighted by Crippen LogP contribution is -2.33. The molecule has 0 fully saturated rings. The van der Waals surface area contributed by atoms with E-state index in [-0.39, 0.29) is 18.4 Å². The molecule has 0 amide bonds. The molecule has 0 bridgehead atoms. The minimum atomic E-state index is -0.913. The monoisotopic (exact) mass is 311 g/mol. The van der Waals surface area contributed by atoms with E-state index in [0.717, 1.165) is 12.8 Å². The summed E-state index contributed by atoms with van der Waals surface area (Å²) < 4.78 is 17.3. The maximum Gasteiger partial charge on any atom is 0.181 e. The summed E-state index contributed by atoms with van der Waals surface area (Å²) in [6, 6.07) is 0. The average molecular weight is 311 g/mol. The largest absolute Gasteiger partial charge is 0.392 e. The third-order valence-electron chi connectivity index (χ3n) is 3.38. The molecule has 0 aliphatic carbocycles. The van der Waals surface area contributed by atoms with E-state index in [1.807, 2.05) is 6.92 Å². The van der Waals surface area contributed by atoms with E-state index in [4.69, 9.17) is 16.9 Å². The Bertz CT molecular complexity index is 449. The van der Waals surface area contributed by atoms with Crippen LogP contribution in [0.3, 0.4) is 0 Å². The van der Waals surface area contributed by atoms with Crippen LogP contribution in [0, 0.1) is 18.3 Å². The van der Waals surface area contributed by atoms with Gasteiger partial charge in [-0.1, -0.05) is 18.9 Å². The topological polar surface area (TPSA) is 80.2 Å². The number of hydrogen-bond acceptors (Lipinski definition) is 4. The van der Waals surface area contributed by atoms with Crippen LogP contribution in [-0.4, -0.2) is 43.3 Å². The van der Waals surface area contributed by atoms with Crippen molar-refractivity contribution in [1.29, 1.82) is 0 Å². The summed E-state index contributed by atoms with van der Waals surface area (Å²) in [7, 11) is 1.49. The molecule has 22 heavy (non-hydrogen) atoms. The van der Waals surface area contributed by atoms with Crippen molar-refractivity contribution >= 4 is 12.1 Å². The number of rotatable bonds is 10. The van der Waals surface area contributed by atoms with Gasteiger partial charge in [0.2, 0.25) is 0 Å². The summed E-state index contributed by atoms with van der Waals surface area (Å²) in [4.78, 5) is 7.71. The lowest BCUT2D eigenvalue weighted by atomic mass is 9.95. The van der Waals surface area contributed by atoms with Gasteiger partial charge in [-0.25, -0.2) is 9.38 Å². The minimum Gasteiger partial charge on any atom is -0.392 e. The van der Waals surface area contributed by atoms with E-state index in [1.165, 1.54) is 7.11 Å². The third kappa shape index (κ3) is 6.83. The Morgan fingerprint density at radius 2 is 2.27 bits per heavy atom. The molecule has 0 aromatic carbocycles. The Labute approximate surface area is 132 Å². The molecule has 5 nitrogen and oxygen atoms in total. The zero-order chi connectivity index (χ0) is 17.0. The van der Waals surface area contributed by atoms with E-state index in [2.05, 4.69) is 15.9 Å². The molecule has 0 aliphatic heterocycles. The summed E-state index contributed by atoms with van der Waals surface area (Å²) in [5.74, 6) is 2.76. The van der Waals surface area contributed by atoms with Gasteiger partial charge >= 0.3 is 0 Å². The highest BCUT2D eigenvalue weighted by Gasteiger charge is 2.25. The molecule has 2 unspecified atom stereocenters. The molecule has 0 spiro atoms. The Balaban J connectivity index is 4.46. The van der Waals surface area contributed by atoms with Crippen molar-refractivity contribution in [3.05, 3.63) is 11.8 Å². The van der Waals surface area contributed by atoms with Gasteiger partial charge in [-0.3, -0.25) is 4.99 Å². The fourth-order valence-electron chi connectivity index (χ4n) is 1.85.